The fraction of sp³-hybridized carbons (Fsp3) is 0.786. The topological polar surface area (TPSA) is 79.2 Å². The maximum atomic E-state index is 12.1. The monoisotopic (exact) mass is 264 g/mol. The number of nitrogens with one attached hydrogen (secondary N) is 1. The summed E-state index contributed by atoms with van der Waals surface area (Å²) in [6.07, 6.45) is 4.00. The minimum atomic E-state index is -0.738. The Morgan fingerprint density at radius 1 is 1.42 bits per heavy atom. The average Bonchev–Trinajstić information content (AvgIpc) is 3.18. The van der Waals surface area contributed by atoms with E-state index < -0.39 is 5.54 Å². The quantitative estimate of drug-likeness (QED) is 0.781. The predicted octanol–water partition coefficient (Wildman–Crippen LogP) is 1.38. The normalized spacial score (nSPS) is 37.0. The lowest BCUT2D eigenvalue weighted by Crippen LogP contribution is -2.50. The van der Waals surface area contributed by atoms with E-state index >= 15 is 0 Å². The van der Waals surface area contributed by atoms with Gasteiger partial charge >= 0.3 is 5.97 Å². The standard InChI is InChI=1S/C14H20N2O3/c1-9-4-3-5-14(7-9,8-15)16-12(17)10-6-11(10)13(18)19-2/h9-11H,3-7H2,1-2H3,(H,16,17)/t9-,10-,11+,14+/m1/s1. The van der Waals surface area contributed by atoms with Gasteiger partial charge in [-0.1, -0.05) is 13.3 Å². The fourth-order valence-electron chi connectivity index (χ4n) is 3.02. The number of carbonyl (C=O) groups is 2. The molecule has 5 nitrogen and oxygen atoms in total. The molecule has 2 fully saturated rings. The van der Waals surface area contributed by atoms with Crippen molar-refractivity contribution in [2.75, 3.05) is 7.11 Å². The summed E-state index contributed by atoms with van der Waals surface area (Å²) in [5, 5.41) is 12.3. The van der Waals surface area contributed by atoms with Crippen LogP contribution < -0.4 is 5.32 Å². The molecule has 0 aromatic rings. The third kappa shape index (κ3) is 2.89. The second kappa shape index (κ2) is 5.20. The SMILES string of the molecule is COC(=O)[C@H]1C[C@H]1C(=O)N[C@@]1(C#N)CCC[C@@H](C)C1. The van der Waals surface area contributed by atoms with Gasteiger partial charge in [0.25, 0.3) is 0 Å². The number of amides is 1. The Labute approximate surface area is 113 Å². The van der Waals surface area contributed by atoms with Crippen LogP contribution in [0.15, 0.2) is 0 Å². The van der Waals surface area contributed by atoms with Gasteiger partial charge in [0.2, 0.25) is 5.91 Å². The molecular formula is C14H20N2O3. The molecule has 0 aliphatic heterocycles. The lowest BCUT2D eigenvalue weighted by molar-refractivity contribution is -0.143. The average molecular weight is 264 g/mol. The molecule has 0 saturated heterocycles. The summed E-state index contributed by atoms with van der Waals surface area (Å²) in [5.74, 6) is -0.685. The van der Waals surface area contributed by atoms with Crippen LogP contribution in [0.1, 0.15) is 39.0 Å². The molecule has 1 N–H and O–H groups in total. The summed E-state index contributed by atoms with van der Waals surface area (Å²) < 4.78 is 4.63. The van der Waals surface area contributed by atoms with E-state index in [1.54, 1.807) is 0 Å². The summed E-state index contributed by atoms with van der Waals surface area (Å²) in [4.78, 5) is 23.4. The van der Waals surface area contributed by atoms with Crippen molar-refractivity contribution in [3.05, 3.63) is 0 Å². The number of nitrogens with zero attached hydrogens (tertiary/aromatic N) is 1. The molecule has 0 aromatic carbocycles. The van der Waals surface area contributed by atoms with Gasteiger partial charge in [0.1, 0.15) is 5.54 Å². The first-order valence-electron chi connectivity index (χ1n) is 6.82. The van der Waals surface area contributed by atoms with Crippen molar-refractivity contribution in [3.8, 4) is 6.07 Å². The van der Waals surface area contributed by atoms with Crippen LogP contribution >= 0.6 is 0 Å². The Balaban J connectivity index is 1.95. The minimum absolute atomic E-state index is 0.175. The Kier molecular flexibility index (Phi) is 3.79. The molecule has 2 rings (SSSR count). The van der Waals surface area contributed by atoms with Crippen molar-refractivity contribution >= 4 is 11.9 Å². The third-order valence-electron chi connectivity index (χ3n) is 4.21. The Hall–Kier alpha value is -1.57. The van der Waals surface area contributed by atoms with Gasteiger partial charge in [-0.2, -0.15) is 5.26 Å². The molecule has 2 saturated carbocycles. The van der Waals surface area contributed by atoms with Crippen molar-refractivity contribution in [2.45, 2.75) is 44.6 Å². The van der Waals surface area contributed by atoms with Crippen molar-refractivity contribution in [1.29, 1.82) is 5.26 Å². The van der Waals surface area contributed by atoms with E-state index in [2.05, 4.69) is 23.0 Å². The summed E-state index contributed by atoms with van der Waals surface area (Å²) in [6.45, 7) is 2.10. The van der Waals surface area contributed by atoms with E-state index in [4.69, 9.17) is 0 Å². The Morgan fingerprint density at radius 3 is 2.74 bits per heavy atom. The van der Waals surface area contributed by atoms with Gasteiger partial charge in [-0.25, -0.2) is 0 Å². The van der Waals surface area contributed by atoms with Crippen LogP contribution in [-0.4, -0.2) is 24.5 Å². The number of rotatable bonds is 3. The highest BCUT2D eigenvalue weighted by Gasteiger charge is 2.51. The van der Waals surface area contributed by atoms with Gasteiger partial charge < -0.3 is 10.1 Å². The van der Waals surface area contributed by atoms with E-state index in [0.717, 1.165) is 12.8 Å². The van der Waals surface area contributed by atoms with Crippen LogP contribution in [0.3, 0.4) is 0 Å². The van der Waals surface area contributed by atoms with Crippen molar-refractivity contribution in [1.82, 2.24) is 5.32 Å². The highest BCUT2D eigenvalue weighted by molar-refractivity contribution is 5.90. The molecule has 0 unspecified atom stereocenters. The number of methoxy groups -OCH3 is 1. The van der Waals surface area contributed by atoms with Crippen LogP contribution in [0.4, 0.5) is 0 Å². The second-order valence-corrected chi connectivity index (χ2v) is 5.86. The first-order chi connectivity index (χ1) is 9.01. The van der Waals surface area contributed by atoms with Crippen LogP contribution in [-0.2, 0) is 14.3 Å². The maximum absolute atomic E-state index is 12.1. The number of hydrogen-bond donors (Lipinski definition) is 1. The van der Waals surface area contributed by atoms with Crippen LogP contribution in [0.5, 0.6) is 0 Å². The molecule has 104 valence electrons. The number of nitriles is 1. The lowest BCUT2D eigenvalue weighted by atomic mass is 9.77. The molecule has 19 heavy (non-hydrogen) atoms. The summed E-state index contributed by atoms with van der Waals surface area (Å²) in [7, 11) is 1.33. The van der Waals surface area contributed by atoms with Gasteiger partial charge in [-0.3, -0.25) is 9.59 Å². The van der Waals surface area contributed by atoms with E-state index in [-0.39, 0.29) is 23.7 Å². The minimum Gasteiger partial charge on any atom is -0.469 e. The maximum Gasteiger partial charge on any atom is 0.309 e. The first-order valence-corrected chi connectivity index (χ1v) is 6.82. The van der Waals surface area contributed by atoms with Crippen LogP contribution in [0.2, 0.25) is 0 Å². The van der Waals surface area contributed by atoms with Gasteiger partial charge in [0, 0.05) is 0 Å². The van der Waals surface area contributed by atoms with E-state index in [1.165, 1.54) is 7.11 Å². The molecule has 2 aliphatic carbocycles. The van der Waals surface area contributed by atoms with Gasteiger partial charge in [0.05, 0.1) is 25.0 Å². The molecule has 2 aliphatic rings. The lowest BCUT2D eigenvalue weighted by Gasteiger charge is -2.35. The number of esters is 1. The highest BCUT2D eigenvalue weighted by Crippen LogP contribution is 2.41. The van der Waals surface area contributed by atoms with Gasteiger partial charge in [-0.05, 0) is 31.6 Å². The summed E-state index contributed by atoms with van der Waals surface area (Å²) in [5.41, 5.74) is -0.738. The molecule has 5 heteroatoms. The van der Waals surface area contributed by atoms with E-state index in [9.17, 15) is 14.9 Å². The van der Waals surface area contributed by atoms with E-state index in [1.807, 2.05) is 0 Å². The number of ether oxygens (including phenoxy) is 1. The van der Waals surface area contributed by atoms with Gasteiger partial charge in [0.15, 0.2) is 0 Å². The highest BCUT2D eigenvalue weighted by atomic mass is 16.5. The molecule has 1 amide bonds. The molecule has 4 atom stereocenters. The Morgan fingerprint density at radius 2 is 2.16 bits per heavy atom. The summed E-state index contributed by atoms with van der Waals surface area (Å²) in [6, 6.07) is 2.27. The van der Waals surface area contributed by atoms with Crippen molar-refractivity contribution in [3.63, 3.8) is 0 Å². The Bertz CT molecular complexity index is 429. The molecule has 0 spiro atoms. The summed E-state index contributed by atoms with van der Waals surface area (Å²) >= 11 is 0. The number of hydrogen-bond acceptors (Lipinski definition) is 4. The molecule has 0 radical (unpaired) electrons. The number of carbonyl (C=O) groups excluding carboxylic acids is 2. The smallest absolute Gasteiger partial charge is 0.309 e. The van der Waals surface area contributed by atoms with Crippen LogP contribution in [0.25, 0.3) is 0 Å². The van der Waals surface area contributed by atoms with Crippen molar-refractivity contribution in [2.24, 2.45) is 17.8 Å². The van der Waals surface area contributed by atoms with E-state index in [0.29, 0.717) is 25.2 Å². The van der Waals surface area contributed by atoms with Crippen LogP contribution in [0, 0.1) is 29.1 Å². The molecular weight excluding hydrogens is 244 g/mol. The third-order valence-corrected chi connectivity index (χ3v) is 4.21. The van der Waals surface area contributed by atoms with Crippen molar-refractivity contribution < 1.29 is 14.3 Å². The second-order valence-electron chi connectivity index (χ2n) is 5.86. The molecule has 0 aromatic heterocycles. The predicted molar refractivity (Wildman–Crippen MR) is 67.7 cm³/mol. The van der Waals surface area contributed by atoms with Gasteiger partial charge in [-0.15, -0.1) is 0 Å². The first kappa shape index (κ1) is 13.9. The zero-order valence-electron chi connectivity index (χ0n) is 11.4. The zero-order chi connectivity index (χ0) is 14.0. The largest absolute Gasteiger partial charge is 0.469 e. The molecule has 0 bridgehead atoms. The fourth-order valence-corrected chi connectivity index (χ4v) is 3.02. The zero-order valence-corrected chi connectivity index (χ0v) is 11.4. The molecule has 0 heterocycles.